The summed E-state index contributed by atoms with van der Waals surface area (Å²) in [7, 11) is -7.79. The van der Waals surface area contributed by atoms with E-state index in [1.54, 1.807) is 44.2 Å². The van der Waals surface area contributed by atoms with E-state index in [0.29, 0.717) is 5.56 Å². The van der Waals surface area contributed by atoms with Crippen LogP contribution in [0.25, 0.3) is 0 Å². The first-order valence-electron chi connectivity index (χ1n) is 9.02. The number of furan rings is 1. The zero-order chi connectivity index (χ0) is 21.2. The average molecular weight is 434 g/mol. The van der Waals surface area contributed by atoms with Gasteiger partial charge in [0.05, 0.1) is 16.1 Å². The minimum atomic E-state index is -3.90. The molecule has 0 aliphatic carbocycles. The molecular formula is C21H23NO5S2. The number of aryl methyl sites for hydroxylation is 3. The van der Waals surface area contributed by atoms with E-state index < -0.39 is 25.1 Å². The predicted octanol–water partition coefficient (Wildman–Crippen LogP) is 3.70. The molecule has 0 aliphatic rings. The maximum Gasteiger partial charge on any atom is 0.240 e. The lowest BCUT2D eigenvalue weighted by Crippen LogP contribution is -2.32. The molecule has 154 valence electrons. The molecule has 6 nitrogen and oxygen atoms in total. The van der Waals surface area contributed by atoms with Crippen molar-refractivity contribution < 1.29 is 21.3 Å². The zero-order valence-corrected chi connectivity index (χ0v) is 18.0. The first-order chi connectivity index (χ1) is 13.6. The van der Waals surface area contributed by atoms with Gasteiger partial charge in [0.1, 0.15) is 11.0 Å². The average Bonchev–Trinajstić information content (AvgIpc) is 3.18. The summed E-state index contributed by atoms with van der Waals surface area (Å²) in [6.45, 7) is 5.01. The van der Waals surface area contributed by atoms with Crippen molar-refractivity contribution in [2.24, 2.45) is 0 Å². The van der Waals surface area contributed by atoms with Gasteiger partial charge in [0.2, 0.25) is 10.0 Å². The smallest absolute Gasteiger partial charge is 0.240 e. The van der Waals surface area contributed by atoms with E-state index in [1.165, 1.54) is 24.5 Å². The summed E-state index contributed by atoms with van der Waals surface area (Å²) < 4.78 is 59.9. The molecule has 1 heterocycles. The fourth-order valence-electron chi connectivity index (χ4n) is 2.99. The topological polar surface area (TPSA) is 93.5 Å². The highest BCUT2D eigenvalue weighted by atomic mass is 32.2. The minimum absolute atomic E-state index is 0.107. The molecule has 1 aromatic heterocycles. The predicted molar refractivity (Wildman–Crippen MR) is 111 cm³/mol. The molecule has 3 rings (SSSR count). The lowest BCUT2D eigenvalue weighted by atomic mass is 10.2. The van der Waals surface area contributed by atoms with Crippen molar-refractivity contribution in [3.05, 3.63) is 83.3 Å². The van der Waals surface area contributed by atoms with E-state index in [4.69, 9.17) is 4.42 Å². The van der Waals surface area contributed by atoms with Gasteiger partial charge in [-0.15, -0.1) is 0 Å². The second-order valence-electron chi connectivity index (χ2n) is 6.98. The standard InChI is InChI=1S/C21H23NO5S2/c1-15-7-10-18(11-8-15)28(23,24)21(19-5-4-12-27-19)14-22-29(25,26)20-13-16(2)6-9-17(20)3/h4-13,21-22H,14H2,1-3H3/t21-/m1/s1. The Morgan fingerprint density at radius 1 is 0.897 bits per heavy atom. The Kier molecular flexibility index (Phi) is 5.97. The molecule has 0 bridgehead atoms. The maximum atomic E-state index is 13.2. The van der Waals surface area contributed by atoms with Crippen LogP contribution in [0.1, 0.15) is 27.7 Å². The van der Waals surface area contributed by atoms with Crippen LogP contribution >= 0.6 is 0 Å². The quantitative estimate of drug-likeness (QED) is 0.613. The van der Waals surface area contributed by atoms with Crippen LogP contribution in [0.15, 0.2) is 75.1 Å². The van der Waals surface area contributed by atoms with Gasteiger partial charge >= 0.3 is 0 Å². The van der Waals surface area contributed by atoms with E-state index in [9.17, 15) is 16.8 Å². The van der Waals surface area contributed by atoms with Crippen LogP contribution in [0.5, 0.6) is 0 Å². The van der Waals surface area contributed by atoms with Gasteiger partial charge < -0.3 is 4.42 Å². The zero-order valence-electron chi connectivity index (χ0n) is 16.4. The Labute approximate surface area is 171 Å². The lowest BCUT2D eigenvalue weighted by molar-refractivity contribution is 0.486. The van der Waals surface area contributed by atoms with Crippen LogP contribution in [-0.2, 0) is 19.9 Å². The van der Waals surface area contributed by atoms with Gasteiger partial charge in [-0.05, 0) is 62.2 Å². The molecule has 0 unspecified atom stereocenters. The van der Waals surface area contributed by atoms with Crippen molar-refractivity contribution >= 4 is 19.9 Å². The molecule has 2 aromatic carbocycles. The summed E-state index contributed by atoms with van der Waals surface area (Å²) in [6.07, 6.45) is 1.37. The molecule has 0 amide bonds. The number of sulfonamides is 1. The fraction of sp³-hybridized carbons (Fsp3) is 0.238. The van der Waals surface area contributed by atoms with Crippen molar-refractivity contribution in [3.8, 4) is 0 Å². The van der Waals surface area contributed by atoms with Crippen molar-refractivity contribution in [1.29, 1.82) is 0 Å². The third kappa shape index (κ3) is 4.60. The van der Waals surface area contributed by atoms with E-state index in [0.717, 1.165) is 11.1 Å². The van der Waals surface area contributed by atoms with Crippen molar-refractivity contribution in [3.63, 3.8) is 0 Å². The molecule has 1 atom stereocenters. The SMILES string of the molecule is Cc1ccc(S(=O)(=O)[C@H](CNS(=O)(=O)c2cc(C)ccc2C)c2ccco2)cc1. The summed E-state index contributed by atoms with van der Waals surface area (Å²) in [5.74, 6) is 0.175. The van der Waals surface area contributed by atoms with E-state index in [-0.39, 0.29) is 22.1 Å². The summed E-state index contributed by atoms with van der Waals surface area (Å²) in [5.41, 5.74) is 2.30. The first kappa shape index (κ1) is 21.3. The minimum Gasteiger partial charge on any atom is -0.468 e. The maximum absolute atomic E-state index is 13.2. The Hall–Kier alpha value is -2.42. The van der Waals surface area contributed by atoms with Crippen LogP contribution in [-0.4, -0.2) is 23.4 Å². The highest BCUT2D eigenvalue weighted by Crippen LogP contribution is 2.29. The van der Waals surface area contributed by atoms with Gasteiger partial charge in [-0.2, -0.15) is 0 Å². The van der Waals surface area contributed by atoms with Crippen molar-refractivity contribution in [1.82, 2.24) is 4.72 Å². The van der Waals surface area contributed by atoms with Crippen LogP contribution in [0, 0.1) is 20.8 Å². The monoisotopic (exact) mass is 433 g/mol. The Morgan fingerprint density at radius 2 is 1.55 bits per heavy atom. The summed E-state index contributed by atoms with van der Waals surface area (Å²) >= 11 is 0. The number of benzene rings is 2. The number of sulfone groups is 1. The van der Waals surface area contributed by atoms with Gasteiger partial charge in [-0.3, -0.25) is 0 Å². The van der Waals surface area contributed by atoms with Crippen LogP contribution in [0.2, 0.25) is 0 Å². The van der Waals surface area contributed by atoms with E-state index in [2.05, 4.69) is 4.72 Å². The molecule has 0 spiro atoms. The molecule has 0 saturated carbocycles. The molecule has 8 heteroatoms. The highest BCUT2D eigenvalue weighted by molar-refractivity contribution is 7.92. The molecule has 0 radical (unpaired) electrons. The molecule has 0 fully saturated rings. The molecular weight excluding hydrogens is 410 g/mol. The van der Waals surface area contributed by atoms with Crippen LogP contribution in [0.4, 0.5) is 0 Å². The van der Waals surface area contributed by atoms with Gasteiger partial charge in [-0.25, -0.2) is 21.6 Å². The molecule has 29 heavy (non-hydrogen) atoms. The number of nitrogens with one attached hydrogen (secondary N) is 1. The highest BCUT2D eigenvalue weighted by Gasteiger charge is 2.33. The van der Waals surface area contributed by atoms with E-state index >= 15 is 0 Å². The van der Waals surface area contributed by atoms with Gasteiger partial charge in [0, 0.05) is 6.54 Å². The Morgan fingerprint density at radius 3 is 2.17 bits per heavy atom. The largest absolute Gasteiger partial charge is 0.468 e. The third-order valence-electron chi connectivity index (χ3n) is 4.68. The normalized spacial score (nSPS) is 13.3. The van der Waals surface area contributed by atoms with Gasteiger partial charge in [0.25, 0.3) is 0 Å². The van der Waals surface area contributed by atoms with E-state index in [1.807, 2.05) is 13.0 Å². The van der Waals surface area contributed by atoms with Crippen molar-refractivity contribution in [2.75, 3.05) is 6.54 Å². The molecule has 0 aliphatic heterocycles. The van der Waals surface area contributed by atoms with Crippen LogP contribution < -0.4 is 4.72 Å². The van der Waals surface area contributed by atoms with Crippen molar-refractivity contribution in [2.45, 2.75) is 35.8 Å². The third-order valence-corrected chi connectivity index (χ3v) is 8.32. The number of hydrogen-bond donors (Lipinski definition) is 1. The lowest BCUT2D eigenvalue weighted by Gasteiger charge is -2.17. The second-order valence-corrected chi connectivity index (χ2v) is 10.8. The molecule has 0 saturated heterocycles. The van der Waals surface area contributed by atoms with Gasteiger partial charge in [0.15, 0.2) is 9.84 Å². The first-order valence-corrected chi connectivity index (χ1v) is 12.0. The molecule has 3 aromatic rings. The Bertz CT molecular complexity index is 1200. The number of rotatable bonds is 7. The Balaban J connectivity index is 1.95. The number of hydrogen-bond acceptors (Lipinski definition) is 5. The summed E-state index contributed by atoms with van der Waals surface area (Å²) in [5, 5.41) is -1.19. The second kappa shape index (κ2) is 8.14. The fourth-order valence-corrected chi connectivity index (χ4v) is 6.06. The molecule has 1 N–H and O–H groups in total. The van der Waals surface area contributed by atoms with Gasteiger partial charge in [-0.1, -0.05) is 29.8 Å². The summed E-state index contributed by atoms with van der Waals surface area (Å²) in [4.78, 5) is 0.235. The summed E-state index contributed by atoms with van der Waals surface area (Å²) in [6, 6.07) is 14.6. The van der Waals surface area contributed by atoms with Crippen LogP contribution in [0.3, 0.4) is 0 Å².